The molecule has 1 saturated carbocycles. The van der Waals surface area contributed by atoms with Gasteiger partial charge in [-0.1, -0.05) is 12.1 Å². The van der Waals surface area contributed by atoms with E-state index in [2.05, 4.69) is 24.4 Å². The van der Waals surface area contributed by atoms with Gasteiger partial charge in [-0.25, -0.2) is 4.79 Å². The Labute approximate surface area is 131 Å². The van der Waals surface area contributed by atoms with Crippen LogP contribution in [0.15, 0.2) is 24.3 Å². The van der Waals surface area contributed by atoms with Crippen molar-refractivity contribution in [2.75, 3.05) is 18.1 Å². The molecule has 1 atom stereocenters. The van der Waals surface area contributed by atoms with Crippen LogP contribution in [0.25, 0.3) is 0 Å². The summed E-state index contributed by atoms with van der Waals surface area (Å²) >= 11 is 0. The molecule has 1 aromatic carbocycles. The van der Waals surface area contributed by atoms with E-state index in [-0.39, 0.29) is 18.2 Å². The summed E-state index contributed by atoms with van der Waals surface area (Å²) in [5, 5.41) is 13.2. The second-order valence-electron chi connectivity index (χ2n) is 6.25. The van der Waals surface area contributed by atoms with Crippen LogP contribution in [-0.2, 0) is 4.74 Å². The molecule has 1 aliphatic carbocycles. The number of benzene rings is 1. The second-order valence-corrected chi connectivity index (χ2v) is 6.25. The zero-order chi connectivity index (χ0) is 15.5. The highest BCUT2D eigenvalue weighted by Gasteiger charge is 2.25. The fraction of sp³-hybridized carbons (Fsp3) is 0.588. The minimum atomic E-state index is -0.265. The normalized spacial score (nSPS) is 26.8. The number of carbonyl (C=O) groups is 1. The Hall–Kier alpha value is -1.59. The van der Waals surface area contributed by atoms with Gasteiger partial charge < -0.3 is 15.2 Å². The SMILES string of the molecule is CC(NC1CCC(O)CC1)c1cccc(N2CCOC2=O)c1. The third kappa shape index (κ3) is 3.42. The molecule has 1 aliphatic heterocycles. The highest BCUT2D eigenvalue weighted by molar-refractivity contribution is 5.89. The molecule has 0 aromatic heterocycles. The Kier molecular flexibility index (Phi) is 4.64. The molecule has 2 aliphatic rings. The summed E-state index contributed by atoms with van der Waals surface area (Å²) in [5.74, 6) is 0. The Morgan fingerprint density at radius 3 is 2.77 bits per heavy atom. The van der Waals surface area contributed by atoms with Gasteiger partial charge in [0.05, 0.1) is 12.6 Å². The van der Waals surface area contributed by atoms with E-state index in [1.165, 1.54) is 5.56 Å². The first-order valence-corrected chi connectivity index (χ1v) is 8.12. The van der Waals surface area contributed by atoms with Crippen molar-refractivity contribution in [1.29, 1.82) is 0 Å². The number of carbonyl (C=O) groups excluding carboxylic acids is 1. The van der Waals surface area contributed by atoms with Gasteiger partial charge >= 0.3 is 6.09 Å². The van der Waals surface area contributed by atoms with Crippen LogP contribution in [0.1, 0.15) is 44.2 Å². The number of nitrogens with one attached hydrogen (secondary N) is 1. The summed E-state index contributed by atoms with van der Waals surface area (Å²) in [6.07, 6.45) is 3.40. The highest BCUT2D eigenvalue weighted by Crippen LogP contribution is 2.25. The van der Waals surface area contributed by atoms with Gasteiger partial charge in [0.2, 0.25) is 0 Å². The molecule has 5 nitrogen and oxygen atoms in total. The Morgan fingerprint density at radius 2 is 2.09 bits per heavy atom. The van der Waals surface area contributed by atoms with Crippen molar-refractivity contribution < 1.29 is 14.6 Å². The van der Waals surface area contributed by atoms with E-state index < -0.39 is 0 Å². The number of anilines is 1. The van der Waals surface area contributed by atoms with E-state index in [4.69, 9.17) is 4.74 Å². The van der Waals surface area contributed by atoms with Crippen LogP contribution in [0.3, 0.4) is 0 Å². The van der Waals surface area contributed by atoms with E-state index in [1.807, 2.05) is 12.1 Å². The predicted octanol–water partition coefficient (Wildman–Crippen LogP) is 2.60. The standard InChI is InChI=1S/C17H24N2O3/c1-12(18-14-5-7-16(20)8-6-14)13-3-2-4-15(11-13)19-9-10-22-17(19)21/h2-4,11-12,14,16,18,20H,5-10H2,1H3. The van der Waals surface area contributed by atoms with E-state index in [9.17, 15) is 9.90 Å². The summed E-state index contributed by atoms with van der Waals surface area (Å²) in [7, 11) is 0. The second kappa shape index (κ2) is 6.67. The molecule has 3 rings (SSSR count). The zero-order valence-corrected chi connectivity index (χ0v) is 13.0. The van der Waals surface area contributed by atoms with Gasteiger partial charge in [0, 0.05) is 17.8 Å². The van der Waals surface area contributed by atoms with Crippen LogP contribution in [0.2, 0.25) is 0 Å². The van der Waals surface area contributed by atoms with Crippen molar-refractivity contribution >= 4 is 11.8 Å². The fourth-order valence-electron chi connectivity index (χ4n) is 3.28. The van der Waals surface area contributed by atoms with E-state index >= 15 is 0 Å². The minimum absolute atomic E-state index is 0.127. The summed E-state index contributed by atoms with van der Waals surface area (Å²) in [6, 6.07) is 8.75. The Balaban J connectivity index is 1.65. The van der Waals surface area contributed by atoms with Gasteiger partial charge in [0.15, 0.2) is 0 Å². The molecule has 22 heavy (non-hydrogen) atoms. The van der Waals surface area contributed by atoms with E-state index in [1.54, 1.807) is 4.90 Å². The minimum Gasteiger partial charge on any atom is -0.447 e. The first-order valence-electron chi connectivity index (χ1n) is 8.12. The monoisotopic (exact) mass is 304 g/mol. The van der Waals surface area contributed by atoms with Gasteiger partial charge in [-0.05, 0) is 50.3 Å². The Morgan fingerprint density at radius 1 is 1.32 bits per heavy atom. The third-order valence-corrected chi connectivity index (χ3v) is 4.63. The average molecular weight is 304 g/mol. The summed E-state index contributed by atoms with van der Waals surface area (Å²) in [5.41, 5.74) is 2.07. The number of amides is 1. The smallest absolute Gasteiger partial charge is 0.414 e. The largest absolute Gasteiger partial charge is 0.447 e. The molecule has 0 spiro atoms. The maximum Gasteiger partial charge on any atom is 0.414 e. The molecule has 1 amide bonds. The predicted molar refractivity (Wildman–Crippen MR) is 84.9 cm³/mol. The molecule has 120 valence electrons. The first-order chi connectivity index (χ1) is 10.6. The number of ether oxygens (including phenoxy) is 1. The fourth-order valence-corrected chi connectivity index (χ4v) is 3.28. The topological polar surface area (TPSA) is 61.8 Å². The number of nitrogens with zero attached hydrogens (tertiary/aromatic N) is 1. The van der Waals surface area contributed by atoms with Gasteiger partial charge in [-0.3, -0.25) is 4.90 Å². The quantitative estimate of drug-likeness (QED) is 0.897. The number of hydrogen-bond acceptors (Lipinski definition) is 4. The van der Waals surface area contributed by atoms with Crippen molar-refractivity contribution in [3.8, 4) is 0 Å². The molecule has 1 heterocycles. The first kappa shape index (κ1) is 15.3. The third-order valence-electron chi connectivity index (χ3n) is 4.63. The van der Waals surface area contributed by atoms with E-state index in [0.29, 0.717) is 19.2 Å². The molecular formula is C17H24N2O3. The number of hydrogen-bond donors (Lipinski definition) is 2. The lowest BCUT2D eigenvalue weighted by Gasteiger charge is -2.29. The van der Waals surface area contributed by atoms with Crippen LogP contribution in [0.5, 0.6) is 0 Å². The lowest BCUT2D eigenvalue weighted by molar-refractivity contribution is 0.114. The van der Waals surface area contributed by atoms with Crippen LogP contribution >= 0.6 is 0 Å². The van der Waals surface area contributed by atoms with Gasteiger partial charge in [-0.15, -0.1) is 0 Å². The zero-order valence-electron chi connectivity index (χ0n) is 13.0. The number of rotatable bonds is 4. The maximum absolute atomic E-state index is 11.7. The molecule has 1 unspecified atom stereocenters. The molecular weight excluding hydrogens is 280 g/mol. The summed E-state index contributed by atoms with van der Waals surface area (Å²) < 4.78 is 5.00. The van der Waals surface area contributed by atoms with Gasteiger partial charge in [0.25, 0.3) is 0 Å². The van der Waals surface area contributed by atoms with Crippen LogP contribution < -0.4 is 10.2 Å². The molecule has 2 fully saturated rings. The molecule has 0 radical (unpaired) electrons. The molecule has 1 aromatic rings. The molecule has 0 bridgehead atoms. The van der Waals surface area contributed by atoms with Crippen molar-refractivity contribution in [3.05, 3.63) is 29.8 Å². The average Bonchev–Trinajstić information content (AvgIpc) is 2.96. The summed E-state index contributed by atoms with van der Waals surface area (Å²) in [6.45, 7) is 3.22. The lowest BCUT2D eigenvalue weighted by Crippen LogP contribution is -2.36. The van der Waals surface area contributed by atoms with Crippen LogP contribution in [0, 0.1) is 0 Å². The summed E-state index contributed by atoms with van der Waals surface area (Å²) in [4.78, 5) is 13.3. The van der Waals surface area contributed by atoms with Gasteiger partial charge in [0.1, 0.15) is 6.61 Å². The van der Waals surface area contributed by atoms with Crippen molar-refractivity contribution in [2.45, 2.75) is 50.8 Å². The van der Waals surface area contributed by atoms with E-state index in [0.717, 1.165) is 31.4 Å². The van der Waals surface area contributed by atoms with Crippen LogP contribution in [-0.4, -0.2) is 36.5 Å². The van der Waals surface area contributed by atoms with Crippen LogP contribution in [0.4, 0.5) is 10.5 Å². The number of aliphatic hydroxyl groups excluding tert-OH is 1. The molecule has 1 saturated heterocycles. The molecule has 5 heteroatoms. The Bertz CT molecular complexity index is 526. The number of aliphatic hydroxyl groups is 1. The molecule has 2 N–H and O–H groups in total. The van der Waals surface area contributed by atoms with Crippen molar-refractivity contribution in [1.82, 2.24) is 5.32 Å². The van der Waals surface area contributed by atoms with Crippen molar-refractivity contribution in [2.24, 2.45) is 0 Å². The maximum atomic E-state index is 11.7. The lowest BCUT2D eigenvalue weighted by atomic mass is 9.92. The number of cyclic esters (lactones) is 1. The highest BCUT2D eigenvalue weighted by atomic mass is 16.6. The van der Waals surface area contributed by atoms with Crippen molar-refractivity contribution in [3.63, 3.8) is 0 Å². The van der Waals surface area contributed by atoms with Gasteiger partial charge in [-0.2, -0.15) is 0 Å².